The van der Waals surface area contributed by atoms with Gasteiger partial charge >= 0.3 is 19.5 Å². The maximum absolute atomic E-state index is 4.06. The van der Waals surface area contributed by atoms with E-state index in [1.807, 2.05) is 0 Å². The van der Waals surface area contributed by atoms with Crippen molar-refractivity contribution in [3.05, 3.63) is 181 Å². The van der Waals surface area contributed by atoms with Gasteiger partial charge < -0.3 is 35.4 Å². The predicted octanol–water partition coefficient (Wildman–Crippen LogP) is 1.40. The summed E-state index contributed by atoms with van der Waals surface area (Å²) in [7, 11) is -1.29. The molecule has 2 unspecified atom stereocenters. The van der Waals surface area contributed by atoms with Crippen molar-refractivity contribution in [2.75, 3.05) is 0 Å². The second-order valence-corrected chi connectivity index (χ2v) is 16.9. The van der Waals surface area contributed by atoms with E-state index < -0.39 is 15.8 Å². The standard InChI is InChI=1S/C44H44N2P2.2ClH.Ru/c1-5-21-37(22-6-1)47(38-23-7-2-8-24-38)43-31-17-13-19-35(43)33-45-41-29-15-16-30-42(41)46-34-36-20-14-18-32-44(36)48(39-25-9-3-10-26-39)40-27-11-4-12-28-40;;;/h1-14,17-28,31-32,41-42,45-46H,15-16,29-30,33-34H2;2*1H;/q;;;+2/p-2. The summed E-state index contributed by atoms with van der Waals surface area (Å²) < 4.78 is 0. The quantitative estimate of drug-likeness (QED) is 0.144. The second kappa shape index (κ2) is 21.1. The van der Waals surface area contributed by atoms with Gasteiger partial charge in [0.15, 0.2) is 0 Å². The van der Waals surface area contributed by atoms with Gasteiger partial charge in [0, 0.05) is 25.2 Å². The number of hydrogen-bond donors (Lipinski definition) is 2. The van der Waals surface area contributed by atoms with Crippen LogP contribution in [0.4, 0.5) is 0 Å². The molecule has 0 bridgehead atoms. The molecule has 7 rings (SSSR count). The van der Waals surface area contributed by atoms with Crippen LogP contribution in [0.2, 0.25) is 0 Å². The van der Waals surface area contributed by atoms with Crippen molar-refractivity contribution < 1.29 is 44.3 Å². The Bertz CT molecular complexity index is 1650. The Morgan fingerprint density at radius 1 is 0.392 bits per heavy atom. The van der Waals surface area contributed by atoms with E-state index in [1.165, 1.54) is 68.6 Å². The van der Waals surface area contributed by atoms with Gasteiger partial charge in [-0.2, -0.15) is 0 Å². The zero-order valence-corrected chi connectivity index (χ0v) is 33.6. The van der Waals surface area contributed by atoms with Crippen molar-refractivity contribution in [2.24, 2.45) is 0 Å². The molecule has 7 heteroatoms. The number of rotatable bonds is 12. The topological polar surface area (TPSA) is 24.1 Å². The van der Waals surface area contributed by atoms with E-state index in [4.69, 9.17) is 0 Å². The number of halogens is 2. The van der Waals surface area contributed by atoms with Crippen LogP contribution in [-0.2, 0) is 32.6 Å². The molecule has 0 saturated heterocycles. The Labute approximate surface area is 332 Å². The monoisotopic (exact) mass is 834 g/mol. The van der Waals surface area contributed by atoms with Crippen LogP contribution in [0.25, 0.3) is 0 Å². The van der Waals surface area contributed by atoms with E-state index in [1.54, 1.807) is 0 Å². The van der Waals surface area contributed by atoms with E-state index in [0.29, 0.717) is 12.1 Å². The molecule has 51 heavy (non-hydrogen) atoms. The van der Waals surface area contributed by atoms with Crippen molar-refractivity contribution in [3.8, 4) is 0 Å². The number of hydrogen-bond acceptors (Lipinski definition) is 2. The third kappa shape index (κ3) is 10.5. The van der Waals surface area contributed by atoms with Gasteiger partial charge in [0.05, 0.1) is 0 Å². The summed E-state index contributed by atoms with van der Waals surface area (Å²) in [4.78, 5) is 0. The molecule has 0 aliphatic heterocycles. The average Bonchev–Trinajstić information content (AvgIpc) is 3.16. The SMILES string of the molecule is [Cl-].[Cl-].[Ru+2].c1ccc(P(c2ccccc2)c2ccccc2CNC2CCCCC2NCc2ccccc2P(c2ccccc2)c2ccccc2)cc1. The fourth-order valence-electron chi connectivity index (χ4n) is 7.02. The molecule has 1 saturated carbocycles. The summed E-state index contributed by atoms with van der Waals surface area (Å²) in [6, 6.07) is 63.3. The maximum atomic E-state index is 4.06. The molecule has 6 aromatic carbocycles. The van der Waals surface area contributed by atoms with E-state index in [2.05, 4.69) is 180 Å². The van der Waals surface area contributed by atoms with Gasteiger partial charge in [0.2, 0.25) is 0 Å². The van der Waals surface area contributed by atoms with Gasteiger partial charge in [-0.15, -0.1) is 0 Å². The minimum absolute atomic E-state index is 0. The smallest absolute Gasteiger partial charge is 1.00 e. The molecule has 0 heterocycles. The summed E-state index contributed by atoms with van der Waals surface area (Å²) in [6.07, 6.45) is 4.97. The van der Waals surface area contributed by atoms with E-state index in [9.17, 15) is 0 Å². The Morgan fingerprint density at radius 3 is 0.980 bits per heavy atom. The molecule has 1 aliphatic rings. The molecule has 2 nitrogen and oxygen atoms in total. The zero-order valence-electron chi connectivity index (χ0n) is 28.6. The first kappa shape index (κ1) is 41.1. The van der Waals surface area contributed by atoms with Gasteiger partial charge in [0.1, 0.15) is 0 Å². The largest absolute Gasteiger partial charge is 2.00 e. The maximum Gasteiger partial charge on any atom is 2.00 e. The normalized spacial score (nSPS) is 15.3. The first-order valence-electron chi connectivity index (χ1n) is 17.3. The third-order valence-electron chi connectivity index (χ3n) is 9.40. The summed E-state index contributed by atoms with van der Waals surface area (Å²) >= 11 is 0. The molecule has 2 N–H and O–H groups in total. The first-order valence-corrected chi connectivity index (χ1v) is 20.0. The van der Waals surface area contributed by atoms with Gasteiger partial charge in [0.25, 0.3) is 0 Å². The molecule has 2 atom stereocenters. The summed E-state index contributed by atoms with van der Waals surface area (Å²) in [5, 5.41) is 16.6. The molecule has 0 aromatic heterocycles. The molecule has 262 valence electrons. The minimum Gasteiger partial charge on any atom is -1.00 e. The van der Waals surface area contributed by atoms with Crippen molar-refractivity contribution in [1.82, 2.24) is 10.6 Å². The number of nitrogens with one attached hydrogen (secondary N) is 2. The zero-order chi connectivity index (χ0) is 32.4. The average molecular weight is 835 g/mol. The van der Waals surface area contributed by atoms with Crippen LogP contribution >= 0.6 is 15.8 Å². The van der Waals surface area contributed by atoms with Gasteiger partial charge in [-0.25, -0.2) is 0 Å². The number of benzene rings is 6. The van der Waals surface area contributed by atoms with Crippen LogP contribution in [0.3, 0.4) is 0 Å². The third-order valence-corrected chi connectivity index (χ3v) is 14.5. The van der Waals surface area contributed by atoms with Gasteiger partial charge in [-0.3, -0.25) is 0 Å². The van der Waals surface area contributed by atoms with Crippen LogP contribution < -0.4 is 67.3 Å². The van der Waals surface area contributed by atoms with E-state index in [0.717, 1.165) is 13.1 Å². The molecular formula is C44H44Cl2N2P2Ru. The molecule has 6 aromatic rings. The van der Waals surface area contributed by atoms with Gasteiger partial charge in [-0.1, -0.05) is 183 Å². The molecule has 1 fully saturated rings. The molecule has 0 spiro atoms. The minimum atomic E-state index is -0.646. The predicted molar refractivity (Wildman–Crippen MR) is 210 cm³/mol. The summed E-state index contributed by atoms with van der Waals surface area (Å²) in [5.74, 6) is 0. The van der Waals surface area contributed by atoms with Gasteiger partial charge in [-0.05, 0) is 71.6 Å². The summed E-state index contributed by atoms with van der Waals surface area (Å²) in [5.41, 5.74) is 2.81. The van der Waals surface area contributed by atoms with Crippen LogP contribution in [-0.4, -0.2) is 12.1 Å². The Kier molecular flexibility index (Phi) is 17.0. The van der Waals surface area contributed by atoms with Crippen LogP contribution in [0.5, 0.6) is 0 Å². The van der Waals surface area contributed by atoms with E-state index >= 15 is 0 Å². The molecule has 1 aliphatic carbocycles. The van der Waals surface area contributed by atoms with Crippen LogP contribution in [0.1, 0.15) is 36.8 Å². The second-order valence-electron chi connectivity index (χ2n) is 12.5. The van der Waals surface area contributed by atoms with Crippen LogP contribution in [0, 0.1) is 0 Å². The van der Waals surface area contributed by atoms with E-state index in [-0.39, 0.29) is 44.3 Å². The van der Waals surface area contributed by atoms with Crippen molar-refractivity contribution in [2.45, 2.75) is 50.9 Å². The van der Waals surface area contributed by atoms with Crippen molar-refractivity contribution in [3.63, 3.8) is 0 Å². The fraction of sp³-hybridized carbons (Fsp3) is 0.182. The Balaban J connectivity index is 0.00000194. The first-order chi connectivity index (χ1) is 23.8. The Morgan fingerprint density at radius 2 is 0.667 bits per heavy atom. The van der Waals surface area contributed by atoms with Crippen molar-refractivity contribution in [1.29, 1.82) is 0 Å². The Hall–Kier alpha value is -2.70. The summed E-state index contributed by atoms with van der Waals surface area (Å²) in [6.45, 7) is 1.75. The molecule has 0 radical (unpaired) electrons. The molecular weight excluding hydrogens is 790 g/mol. The fourth-order valence-corrected chi connectivity index (χ4v) is 12.0. The van der Waals surface area contributed by atoms with Crippen molar-refractivity contribution >= 4 is 47.7 Å². The molecule has 0 amide bonds. The van der Waals surface area contributed by atoms with Crippen LogP contribution in [0.15, 0.2) is 170 Å².